The van der Waals surface area contributed by atoms with Crippen LogP contribution in [0.4, 0.5) is 14.5 Å². The van der Waals surface area contributed by atoms with Gasteiger partial charge in [0.05, 0.1) is 11.9 Å². The number of amides is 2. The maximum Gasteiger partial charge on any atom is 0.244 e. The third kappa shape index (κ3) is 8.88. The minimum absolute atomic E-state index is 0.0219. The van der Waals surface area contributed by atoms with Gasteiger partial charge < -0.3 is 10.2 Å². The lowest BCUT2D eigenvalue weighted by Crippen LogP contribution is -2.56. The number of rotatable bonds is 10. The van der Waals surface area contributed by atoms with Crippen LogP contribution in [0.3, 0.4) is 0 Å². The van der Waals surface area contributed by atoms with Gasteiger partial charge in [0.2, 0.25) is 21.8 Å². The van der Waals surface area contributed by atoms with Crippen LogP contribution in [0.1, 0.15) is 31.9 Å². The molecule has 1 N–H and O–H groups in total. The van der Waals surface area contributed by atoms with Crippen molar-refractivity contribution in [2.45, 2.75) is 45.3 Å². The van der Waals surface area contributed by atoms with Crippen LogP contribution < -0.4 is 9.62 Å². The molecule has 2 amide bonds. The molecule has 0 radical (unpaired) electrons. The molecule has 3 aromatic rings. The molecule has 3 rings (SSSR count). The van der Waals surface area contributed by atoms with Crippen LogP contribution in [-0.2, 0) is 32.6 Å². The van der Waals surface area contributed by atoms with E-state index in [2.05, 4.69) is 5.32 Å². The van der Waals surface area contributed by atoms with Gasteiger partial charge in [-0.3, -0.25) is 13.9 Å². The number of sulfonamides is 1. The van der Waals surface area contributed by atoms with Crippen molar-refractivity contribution in [2.75, 3.05) is 17.1 Å². The van der Waals surface area contributed by atoms with E-state index in [0.29, 0.717) is 5.56 Å². The number of nitrogens with one attached hydrogen (secondary N) is 1. The molecule has 3 aromatic carbocycles. The van der Waals surface area contributed by atoms with Crippen molar-refractivity contribution in [1.29, 1.82) is 0 Å². The standard InChI is InChI=1S/C29H33F2N3O4S/c1-29(2,3)32-28(36)26(17-21-9-6-5-7-10-21)33(19-22-13-15-23(30)16-14-22)27(35)20-34(39(4,37)38)25-12-8-11-24(31)18-25/h5-16,18,26H,17,19-20H2,1-4H3,(H,32,36). The lowest BCUT2D eigenvalue weighted by atomic mass is 10.0. The molecule has 0 fully saturated rings. The smallest absolute Gasteiger partial charge is 0.244 e. The highest BCUT2D eigenvalue weighted by Crippen LogP contribution is 2.21. The molecule has 1 atom stereocenters. The van der Waals surface area contributed by atoms with Gasteiger partial charge in [-0.1, -0.05) is 48.5 Å². The number of hydrogen-bond donors (Lipinski definition) is 1. The summed E-state index contributed by atoms with van der Waals surface area (Å²) in [5.74, 6) is -2.24. The number of hydrogen-bond acceptors (Lipinski definition) is 4. The van der Waals surface area contributed by atoms with Crippen LogP contribution in [0.5, 0.6) is 0 Å². The molecule has 1 unspecified atom stereocenters. The van der Waals surface area contributed by atoms with E-state index in [1.165, 1.54) is 47.4 Å². The van der Waals surface area contributed by atoms with Gasteiger partial charge in [-0.25, -0.2) is 17.2 Å². The first kappa shape index (κ1) is 29.8. The number of anilines is 1. The van der Waals surface area contributed by atoms with Gasteiger partial charge in [0.15, 0.2) is 0 Å². The second-order valence-electron chi connectivity index (χ2n) is 10.3. The molecule has 0 saturated carbocycles. The van der Waals surface area contributed by atoms with Crippen molar-refractivity contribution in [2.24, 2.45) is 0 Å². The van der Waals surface area contributed by atoms with E-state index in [-0.39, 0.29) is 18.7 Å². The van der Waals surface area contributed by atoms with E-state index in [4.69, 9.17) is 0 Å². The van der Waals surface area contributed by atoms with Crippen molar-refractivity contribution < 1.29 is 26.8 Å². The van der Waals surface area contributed by atoms with Crippen LogP contribution in [0.2, 0.25) is 0 Å². The zero-order valence-electron chi connectivity index (χ0n) is 22.4. The van der Waals surface area contributed by atoms with Crippen LogP contribution >= 0.6 is 0 Å². The molecule has 0 saturated heterocycles. The second-order valence-corrected chi connectivity index (χ2v) is 12.2. The summed E-state index contributed by atoms with van der Waals surface area (Å²) in [5, 5.41) is 2.92. The molecule has 0 heterocycles. The van der Waals surface area contributed by atoms with E-state index in [0.717, 1.165) is 22.2 Å². The maximum absolute atomic E-state index is 14.0. The number of halogens is 2. The Labute approximate surface area is 228 Å². The Morgan fingerprint density at radius 3 is 2.08 bits per heavy atom. The van der Waals surface area contributed by atoms with Gasteiger partial charge in [0.1, 0.15) is 24.2 Å². The molecule has 208 valence electrons. The SMILES string of the molecule is CC(C)(C)NC(=O)C(Cc1ccccc1)N(Cc1ccc(F)cc1)C(=O)CN(c1cccc(F)c1)S(C)(=O)=O. The molecule has 0 bridgehead atoms. The van der Waals surface area contributed by atoms with Crippen LogP contribution in [0.25, 0.3) is 0 Å². The van der Waals surface area contributed by atoms with Gasteiger partial charge in [-0.2, -0.15) is 0 Å². The molecule has 0 aliphatic rings. The largest absolute Gasteiger partial charge is 0.350 e. The van der Waals surface area contributed by atoms with Crippen molar-refractivity contribution >= 4 is 27.5 Å². The summed E-state index contributed by atoms with van der Waals surface area (Å²) in [6.07, 6.45) is 1.07. The Hall–Kier alpha value is -3.79. The summed E-state index contributed by atoms with van der Waals surface area (Å²) >= 11 is 0. The molecular weight excluding hydrogens is 524 g/mol. The topological polar surface area (TPSA) is 86.8 Å². The molecule has 10 heteroatoms. The first-order chi connectivity index (χ1) is 18.2. The first-order valence-electron chi connectivity index (χ1n) is 12.4. The molecule has 0 spiro atoms. The minimum Gasteiger partial charge on any atom is -0.350 e. The molecule has 0 aromatic heterocycles. The van der Waals surface area contributed by atoms with Gasteiger partial charge >= 0.3 is 0 Å². The van der Waals surface area contributed by atoms with Crippen LogP contribution in [0.15, 0.2) is 78.9 Å². The first-order valence-corrected chi connectivity index (χ1v) is 14.2. The van der Waals surface area contributed by atoms with Crippen molar-refractivity contribution in [1.82, 2.24) is 10.2 Å². The van der Waals surface area contributed by atoms with E-state index < -0.39 is 51.6 Å². The summed E-state index contributed by atoms with van der Waals surface area (Å²) in [6.45, 7) is 4.68. The fraction of sp³-hybridized carbons (Fsp3) is 0.310. The van der Waals surface area contributed by atoms with Crippen molar-refractivity contribution in [3.63, 3.8) is 0 Å². The van der Waals surface area contributed by atoms with E-state index in [1.807, 2.05) is 51.1 Å². The Kier molecular flexibility index (Phi) is 9.45. The molecule has 7 nitrogen and oxygen atoms in total. The quantitative estimate of drug-likeness (QED) is 0.403. The highest BCUT2D eigenvalue weighted by atomic mass is 32.2. The number of carbonyl (C=O) groups excluding carboxylic acids is 2. The van der Waals surface area contributed by atoms with E-state index in [1.54, 1.807) is 0 Å². The number of benzene rings is 3. The lowest BCUT2D eigenvalue weighted by Gasteiger charge is -2.35. The lowest BCUT2D eigenvalue weighted by molar-refractivity contribution is -0.140. The summed E-state index contributed by atoms with van der Waals surface area (Å²) in [4.78, 5) is 28.8. The third-order valence-electron chi connectivity index (χ3n) is 5.81. The third-order valence-corrected chi connectivity index (χ3v) is 6.95. The Morgan fingerprint density at radius 1 is 0.872 bits per heavy atom. The summed E-state index contributed by atoms with van der Waals surface area (Å²) < 4.78 is 53.8. The summed E-state index contributed by atoms with van der Waals surface area (Å²) in [7, 11) is -4.01. The van der Waals surface area contributed by atoms with E-state index >= 15 is 0 Å². The molecular formula is C29H33F2N3O4S. The fourth-order valence-corrected chi connectivity index (χ4v) is 4.88. The Morgan fingerprint density at radius 2 is 1.51 bits per heavy atom. The zero-order chi connectivity index (χ0) is 28.8. The molecule has 0 aliphatic carbocycles. The summed E-state index contributed by atoms with van der Waals surface area (Å²) in [6, 6.07) is 18.5. The molecule has 39 heavy (non-hydrogen) atoms. The minimum atomic E-state index is -4.01. The summed E-state index contributed by atoms with van der Waals surface area (Å²) in [5.41, 5.74) is 0.694. The van der Waals surface area contributed by atoms with Gasteiger partial charge in [0.25, 0.3) is 0 Å². The Bertz CT molecular complexity index is 1390. The normalized spacial score (nSPS) is 12.5. The van der Waals surface area contributed by atoms with Crippen LogP contribution in [-0.4, -0.2) is 49.5 Å². The van der Waals surface area contributed by atoms with Gasteiger partial charge in [-0.05, 0) is 62.2 Å². The number of nitrogens with zero attached hydrogens (tertiary/aromatic N) is 2. The Balaban J connectivity index is 2.07. The van der Waals surface area contributed by atoms with Crippen molar-refractivity contribution in [3.8, 4) is 0 Å². The number of carbonyl (C=O) groups is 2. The zero-order valence-corrected chi connectivity index (χ0v) is 23.2. The average Bonchev–Trinajstić information content (AvgIpc) is 2.84. The highest BCUT2D eigenvalue weighted by molar-refractivity contribution is 7.92. The predicted molar refractivity (Wildman–Crippen MR) is 147 cm³/mol. The van der Waals surface area contributed by atoms with Gasteiger partial charge in [-0.15, -0.1) is 0 Å². The van der Waals surface area contributed by atoms with Gasteiger partial charge in [0, 0.05) is 18.5 Å². The van der Waals surface area contributed by atoms with Crippen LogP contribution in [0, 0.1) is 11.6 Å². The predicted octanol–water partition coefficient (Wildman–Crippen LogP) is 4.29. The van der Waals surface area contributed by atoms with Crippen molar-refractivity contribution in [3.05, 3.63) is 102 Å². The highest BCUT2D eigenvalue weighted by Gasteiger charge is 2.34. The van der Waals surface area contributed by atoms with E-state index in [9.17, 15) is 26.8 Å². The maximum atomic E-state index is 14.0. The monoisotopic (exact) mass is 557 g/mol. The second kappa shape index (κ2) is 12.4. The fourth-order valence-electron chi connectivity index (χ4n) is 4.04. The molecule has 0 aliphatic heterocycles. The average molecular weight is 558 g/mol.